The third-order valence-corrected chi connectivity index (χ3v) is 8.70. The van der Waals surface area contributed by atoms with E-state index in [1.54, 1.807) is 34.9 Å². The van der Waals surface area contributed by atoms with Crippen molar-refractivity contribution in [3.05, 3.63) is 42.2 Å². The van der Waals surface area contributed by atoms with Gasteiger partial charge in [-0.05, 0) is 61.0 Å². The maximum Gasteiger partial charge on any atom is 0.280 e. The lowest BCUT2D eigenvalue weighted by Gasteiger charge is -2.27. The minimum absolute atomic E-state index is 0.0830. The van der Waals surface area contributed by atoms with Gasteiger partial charge in [0.05, 0.1) is 27.5 Å². The molecule has 3 aromatic rings. The highest BCUT2D eigenvalue weighted by Crippen LogP contribution is 2.31. The second-order valence-corrected chi connectivity index (χ2v) is 11.7. The van der Waals surface area contributed by atoms with Crippen LogP contribution in [0, 0.1) is 5.92 Å². The third kappa shape index (κ3) is 5.07. The van der Waals surface area contributed by atoms with Crippen LogP contribution in [0.4, 0.5) is 5.69 Å². The van der Waals surface area contributed by atoms with Crippen LogP contribution < -0.4 is 4.72 Å². The van der Waals surface area contributed by atoms with Crippen LogP contribution in [0.3, 0.4) is 0 Å². The number of carbonyl (C=O) groups is 1. The number of thioether (sulfide) groups is 1. The molecule has 2 aromatic heterocycles. The van der Waals surface area contributed by atoms with Crippen LogP contribution in [-0.2, 0) is 10.0 Å². The van der Waals surface area contributed by atoms with Crippen molar-refractivity contribution in [2.45, 2.75) is 43.0 Å². The molecule has 7 nitrogen and oxygen atoms in total. The molecule has 1 amide bonds. The topological polar surface area (TPSA) is 92.3 Å². The molecule has 0 radical (unpaired) electrons. The van der Waals surface area contributed by atoms with Gasteiger partial charge >= 0.3 is 0 Å². The number of rotatable bonds is 7. The summed E-state index contributed by atoms with van der Waals surface area (Å²) in [7, 11) is -4.02. The van der Waals surface area contributed by atoms with Gasteiger partial charge in [0.1, 0.15) is 0 Å². The highest BCUT2D eigenvalue weighted by Gasteiger charge is 2.26. The maximum atomic E-state index is 13.3. The quantitative estimate of drug-likeness (QED) is 0.475. The average molecular weight is 491 g/mol. The van der Waals surface area contributed by atoms with Crippen LogP contribution >= 0.6 is 23.3 Å². The zero-order valence-corrected chi connectivity index (χ0v) is 20.5. The maximum absolute atomic E-state index is 13.3. The van der Waals surface area contributed by atoms with E-state index in [4.69, 9.17) is 0 Å². The van der Waals surface area contributed by atoms with Crippen molar-refractivity contribution in [3.63, 3.8) is 0 Å². The summed E-state index contributed by atoms with van der Waals surface area (Å²) in [6.45, 7) is 5.64. The van der Waals surface area contributed by atoms with Crippen molar-refractivity contribution in [1.82, 2.24) is 14.3 Å². The number of anilines is 1. The molecule has 0 spiro atoms. The molecule has 1 aromatic carbocycles. The van der Waals surface area contributed by atoms with Crippen LogP contribution in [0.25, 0.3) is 10.1 Å². The smallest absolute Gasteiger partial charge is 0.280 e. The molecule has 170 valence electrons. The fourth-order valence-corrected chi connectivity index (χ4v) is 6.40. The van der Waals surface area contributed by atoms with E-state index in [1.165, 1.54) is 23.9 Å². The lowest BCUT2D eigenvalue weighted by Crippen LogP contribution is -2.36. The predicted octanol–water partition coefficient (Wildman–Crippen LogP) is 4.87. The zero-order chi connectivity index (χ0) is 22.7. The summed E-state index contributed by atoms with van der Waals surface area (Å²) in [6.07, 6.45) is 6.01. The molecule has 0 unspecified atom stereocenters. The summed E-state index contributed by atoms with van der Waals surface area (Å²) in [4.78, 5) is 20.1. The van der Waals surface area contributed by atoms with Gasteiger partial charge in [-0.2, -0.15) is 12.8 Å². The summed E-state index contributed by atoms with van der Waals surface area (Å²) in [5.74, 6) is 1.24. The molecule has 1 aliphatic heterocycles. The Balaban J connectivity index is 1.71. The molecule has 3 heterocycles. The van der Waals surface area contributed by atoms with E-state index < -0.39 is 10.0 Å². The van der Waals surface area contributed by atoms with E-state index in [2.05, 4.69) is 27.9 Å². The first-order valence-corrected chi connectivity index (χ1v) is 13.9. The first-order valence-electron chi connectivity index (χ1n) is 10.6. The molecule has 0 bridgehead atoms. The van der Waals surface area contributed by atoms with Gasteiger partial charge in [-0.1, -0.05) is 13.8 Å². The van der Waals surface area contributed by atoms with Gasteiger partial charge in [-0.25, -0.2) is 4.98 Å². The number of likely N-dealkylation sites (tertiary alicyclic amines) is 1. The van der Waals surface area contributed by atoms with E-state index in [0.717, 1.165) is 34.6 Å². The van der Waals surface area contributed by atoms with Crippen LogP contribution in [0.5, 0.6) is 0 Å². The lowest BCUT2D eigenvalue weighted by atomic mass is 10.1. The Hall–Kier alpha value is -2.17. The number of carbonyl (C=O) groups excluding carboxylic acids is 1. The molecule has 1 aliphatic rings. The second-order valence-electron chi connectivity index (χ2n) is 8.22. The number of pyridine rings is 1. The van der Waals surface area contributed by atoms with Crippen LogP contribution in [0.2, 0.25) is 0 Å². The summed E-state index contributed by atoms with van der Waals surface area (Å²) in [6, 6.07) is 7.12. The Labute approximate surface area is 196 Å². The van der Waals surface area contributed by atoms with Gasteiger partial charge in [0.25, 0.3) is 15.9 Å². The molecule has 32 heavy (non-hydrogen) atoms. The Morgan fingerprint density at radius 1 is 1.22 bits per heavy atom. The second kappa shape index (κ2) is 9.76. The minimum Gasteiger partial charge on any atom is -0.339 e. The van der Waals surface area contributed by atoms with Crippen LogP contribution in [0.15, 0.2) is 46.6 Å². The highest BCUT2D eigenvalue weighted by atomic mass is 32.2. The van der Waals surface area contributed by atoms with Crippen molar-refractivity contribution in [2.75, 3.05) is 23.6 Å². The summed E-state index contributed by atoms with van der Waals surface area (Å²) < 4.78 is 34.1. The van der Waals surface area contributed by atoms with Crippen LogP contribution in [0.1, 0.15) is 43.5 Å². The Morgan fingerprint density at radius 3 is 2.75 bits per heavy atom. The molecule has 1 fully saturated rings. The van der Waals surface area contributed by atoms with E-state index in [0.29, 0.717) is 30.0 Å². The lowest BCUT2D eigenvalue weighted by molar-refractivity contribution is 0.0725. The number of hydrogen-bond acceptors (Lipinski definition) is 7. The molecular formula is C22H26N4O3S3. The van der Waals surface area contributed by atoms with Gasteiger partial charge < -0.3 is 4.90 Å². The number of benzene rings is 1. The van der Waals surface area contributed by atoms with Crippen molar-refractivity contribution < 1.29 is 13.2 Å². The number of piperidine rings is 1. The number of hydrogen-bond donors (Lipinski definition) is 1. The minimum atomic E-state index is -4.02. The van der Waals surface area contributed by atoms with Gasteiger partial charge in [-0.15, -0.1) is 11.8 Å². The molecule has 0 aliphatic carbocycles. The Bertz CT molecular complexity index is 1220. The molecule has 0 atom stereocenters. The fraction of sp³-hybridized carbons (Fsp3) is 0.409. The zero-order valence-electron chi connectivity index (χ0n) is 18.1. The molecule has 10 heteroatoms. The summed E-state index contributed by atoms with van der Waals surface area (Å²) in [5.41, 5.74) is 0.649. The van der Waals surface area contributed by atoms with Gasteiger partial charge in [0, 0.05) is 29.9 Å². The Kier molecular flexibility index (Phi) is 7.02. The monoisotopic (exact) mass is 490 g/mol. The Morgan fingerprint density at radius 2 is 2.00 bits per heavy atom. The van der Waals surface area contributed by atoms with E-state index in [1.807, 2.05) is 6.07 Å². The number of aromatic nitrogens is 2. The number of nitrogens with one attached hydrogen (secondary N) is 1. The van der Waals surface area contributed by atoms with E-state index >= 15 is 0 Å². The molecule has 0 saturated carbocycles. The predicted molar refractivity (Wildman–Crippen MR) is 130 cm³/mol. The standard InChI is InChI=1S/C22H26N4O3S3/c1-15(2)14-30-16-6-7-17(22(27)26-10-4-3-5-11-26)19(12-16)25-32(28,29)21-18-13-24-31-20(18)8-9-23-21/h6-9,12-13,15,25H,3-5,10-11,14H2,1-2H3. The summed E-state index contributed by atoms with van der Waals surface area (Å²) in [5, 5.41) is 0.389. The fourth-order valence-electron chi connectivity index (χ4n) is 3.59. The normalized spacial score (nSPS) is 14.8. The van der Waals surface area contributed by atoms with Gasteiger partial charge in [-0.3, -0.25) is 9.52 Å². The van der Waals surface area contributed by atoms with Crippen molar-refractivity contribution in [1.29, 1.82) is 0 Å². The molecular weight excluding hydrogens is 464 g/mol. The number of amides is 1. The molecule has 1 saturated heterocycles. The van der Waals surface area contributed by atoms with Crippen LogP contribution in [-0.4, -0.2) is 47.4 Å². The SMILES string of the molecule is CC(C)CSc1ccc(C(=O)N2CCCCC2)c(NS(=O)(=O)c2nccc3sncc23)c1. The van der Waals surface area contributed by atoms with Gasteiger partial charge in [0.2, 0.25) is 0 Å². The van der Waals surface area contributed by atoms with E-state index in [9.17, 15) is 13.2 Å². The van der Waals surface area contributed by atoms with Gasteiger partial charge in [0.15, 0.2) is 5.03 Å². The third-order valence-electron chi connectivity index (χ3n) is 5.19. The van der Waals surface area contributed by atoms with Crippen molar-refractivity contribution >= 4 is 55.0 Å². The largest absolute Gasteiger partial charge is 0.339 e. The first-order chi connectivity index (χ1) is 15.3. The number of sulfonamides is 1. The van der Waals surface area contributed by atoms with Crippen molar-refractivity contribution in [2.24, 2.45) is 5.92 Å². The molecule has 1 N–H and O–H groups in total. The molecule has 4 rings (SSSR count). The summed E-state index contributed by atoms with van der Waals surface area (Å²) >= 11 is 2.86. The number of fused-ring (bicyclic) bond motifs is 1. The highest BCUT2D eigenvalue weighted by molar-refractivity contribution is 7.99. The van der Waals surface area contributed by atoms with E-state index in [-0.39, 0.29) is 16.6 Å². The number of nitrogens with zero attached hydrogens (tertiary/aromatic N) is 3. The average Bonchev–Trinajstić information content (AvgIpc) is 3.26. The first kappa shape index (κ1) is 23.0. The van der Waals surface area contributed by atoms with Crippen molar-refractivity contribution in [3.8, 4) is 0 Å².